The maximum Gasteiger partial charge on any atom is 0.137 e. The molecule has 8 nitrogen and oxygen atoms in total. The summed E-state index contributed by atoms with van der Waals surface area (Å²) in [6.45, 7) is 3.92. The molecule has 29 heavy (non-hydrogen) atoms. The summed E-state index contributed by atoms with van der Waals surface area (Å²) in [5.74, 6) is 0.939. The first-order chi connectivity index (χ1) is 14.3. The molecule has 0 unspecified atom stereocenters. The second-order valence-corrected chi connectivity index (χ2v) is 8.10. The summed E-state index contributed by atoms with van der Waals surface area (Å²) in [7, 11) is 1.99. The van der Waals surface area contributed by atoms with E-state index >= 15 is 0 Å². The van der Waals surface area contributed by atoms with E-state index < -0.39 is 0 Å². The van der Waals surface area contributed by atoms with Crippen molar-refractivity contribution in [3.8, 4) is 0 Å². The van der Waals surface area contributed by atoms with E-state index in [1.807, 2.05) is 18.3 Å². The number of morpholine rings is 1. The summed E-state index contributed by atoms with van der Waals surface area (Å²) < 4.78 is 5.50. The quantitative estimate of drug-likeness (QED) is 0.725. The van der Waals surface area contributed by atoms with Crippen LogP contribution in [0.3, 0.4) is 0 Å². The van der Waals surface area contributed by atoms with E-state index in [9.17, 15) is 0 Å². The van der Waals surface area contributed by atoms with Crippen LogP contribution in [0.15, 0.2) is 30.7 Å². The van der Waals surface area contributed by atoms with Crippen molar-refractivity contribution in [3.05, 3.63) is 36.3 Å². The Bertz CT molecular complexity index is 888. The predicted molar refractivity (Wildman–Crippen MR) is 114 cm³/mol. The monoisotopic (exact) mass is 395 g/mol. The molecule has 3 heterocycles. The molecule has 0 atom stereocenters. The Labute approximate surface area is 171 Å². The van der Waals surface area contributed by atoms with Crippen LogP contribution < -0.4 is 16.3 Å². The fourth-order valence-corrected chi connectivity index (χ4v) is 4.68. The van der Waals surface area contributed by atoms with Gasteiger partial charge in [-0.05, 0) is 37.8 Å². The van der Waals surface area contributed by atoms with Crippen LogP contribution in [0, 0.1) is 0 Å². The molecule has 1 saturated carbocycles. The zero-order valence-corrected chi connectivity index (χ0v) is 16.9. The largest absolute Gasteiger partial charge is 0.379 e. The molecular weight excluding hydrogens is 366 g/mol. The molecule has 0 spiro atoms. The van der Waals surface area contributed by atoms with Crippen LogP contribution in [0.4, 0.5) is 5.82 Å². The van der Waals surface area contributed by atoms with Crippen LogP contribution in [0.1, 0.15) is 31.2 Å². The van der Waals surface area contributed by atoms with Gasteiger partial charge in [-0.3, -0.25) is 9.91 Å². The number of nitrogens with zero attached hydrogens (tertiary/aromatic N) is 4. The molecule has 0 radical (unpaired) electrons. The SMILES string of the molecule is CN1NNC=C1c1ccc2ncnc(N[C@H]3CC[C@H](N4CCOCC4)CC3)c2c1. The molecule has 0 amide bonds. The van der Waals surface area contributed by atoms with Crippen molar-refractivity contribution < 1.29 is 4.74 Å². The third-order valence-corrected chi connectivity index (χ3v) is 6.33. The van der Waals surface area contributed by atoms with Gasteiger partial charge in [-0.25, -0.2) is 9.97 Å². The Morgan fingerprint density at radius 1 is 1.10 bits per heavy atom. The van der Waals surface area contributed by atoms with Gasteiger partial charge in [0, 0.05) is 49.4 Å². The number of nitrogens with one attached hydrogen (secondary N) is 3. The minimum atomic E-state index is 0.464. The van der Waals surface area contributed by atoms with Crippen molar-refractivity contribution in [2.24, 2.45) is 0 Å². The van der Waals surface area contributed by atoms with Crippen LogP contribution in [-0.2, 0) is 4.74 Å². The fraction of sp³-hybridized carbons (Fsp3) is 0.524. The van der Waals surface area contributed by atoms with Crippen molar-refractivity contribution in [2.45, 2.75) is 37.8 Å². The topological polar surface area (TPSA) is 77.6 Å². The molecule has 0 bridgehead atoms. The second kappa shape index (κ2) is 8.14. The number of ether oxygens (including phenoxy) is 1. The molecule has 3 N–H and O–H groups in total. The third kappa shape index (κ3) is 3.88. The van der Waals surface area contributed by atoms with E-state index in [-0.39, 0.29) is 0 Å². The van der Waals surface area contributed by atoms with E-state index in [1.54, 1.807) is 6.33 Å². The second-order valence-electron chi connectivity index (χ2n) is 8.10. The maximum atomic E-state index is 5.50. The average Bonchev–Trinajstić information content (AvgIpc) is 3.21. The molecule has 5 rings (SSSR count). The van der Waals surface area contributed by atoms with Gasteiger partial charge in [0.15, 0.2) is 0 Å². The van der Waals surface area contributed by atoms with Crippen molar-refractivity contribution >= 4 is 22.4 Å². The van der Waals surface area contributed by atoms with Gasteiger partial charge >= 0.3 is 0 Å². The van der Waals surface area contributed by atoms with Crippen molar-refractivity contribution in [1.29, 1.82) is 0 Å². The molecule has 2 aliphatic heterocycles. The molecule has 3 aliphatic rings. The number of hydrogen-bond donors (Lipinski definition) is 3. The van der Waals surface area contributed by atoms with Crippen molar-refractivity contribution in [2.75, 3.05) is 38.7 Å². The van der Waals surface area contributed by atoms with Gasteiger partial charge in [0.2, 0.25) is 0 Å². The molecular formula is C21H29N7O. The molecule has 1 aliphatic carbocycles. The van der Waals surface area contributed by atoms with E-state index in [0.29, 0.717) is 12.1 Å². The van der Waals surface area contributed by atoms with Crippen molar-refractivity contribution in [3.63, 3.8) is 0 Å². The number of hydrazine groups is 2. The predicted octanol–water partition coefficient (Wildman–Crippen LogP) is 1.94. The molecule has 8 heteroatoms. The van der Waals surface area contributed by atoms with Gasteiger partial charge in [0.05, 0.1) is 24.4 Å². The van der Waals surface area contributed by atoms with Gasteiger partial charge in [0.1, 0.15) is 12.1 Å². The van der Waals surface area contributed by atoms with E-state index in [1.165, 1.54) is 25.7 Å². The lowest BCUT2D eigenvalue weighted by Crippen LogP contribution is -2.46. The zero-order chi connectivity index (χ0) is 19.6. The molecule has 1 aromatic carbocycles. The summed E-state index contributed by atoms with van der Waals surface area (Å²) >= 11 is 0. The Balaban J connectivity index is 1.30. The number of aromatic nitrogens is 2. The summed E-state index contributed by atoms with van der Waals surface area (Å²) in [5, 5.41) is 6.75. The summed E-state index contributed by atoms with van der Waals surface area (Å²) in [6, 6.07) is 7.51. The maximum absolute atomic E-state index is 5.50. The van der Waals surface area contributed by atoms with Gasteiger partial charge < -0.3 is 15.5 Å². The lowest BCUT2D eigenvalue weighted by molar-refractivity contribution is 0.00791. The minimum absolute atomic E-state index is 0.464. The van der Waals surface area contributed by atoms with E-state index in [0.717, 1.165) is 54.3 Å². The highest BCUT2D eigenvalue weighted by Crippen LogP contribution is 2.29. The number of fused-ring (bicyclic) bond motifs is 1. The average molecular weight is 396 g/mol. The van der Waals surface area contributed by atoms with Gasteiger partial charge in [0.25, 0.3) is 0 Å². The van der Waals surface area contributed by atoms with E-state index in [2.05, 4.69) is 49.3 Å². The minimum Gasteiger partial charge on any atom is -0.379 e. The number of hydrogen-bond acceptors (Lipinski definition) is 8. The van der Waals surface area contributed by atoms with Crippen LogP contribution in [0.2, 0.25) is 0 Å². The highest BCUT2D eigenvalue weighted by molar-refractivity contribution is 5.91. The van der Waals surface area contributed by atoms with Crippen molar-refractivity contribution in [1.82, 2.24) is 30.8 Å². The first-order valence-corrected chi connectivity index (χ1v) is 10.6. The lowest BCUT2D eigenvalue weighted by Gasteiger charge is -2.39. The Morgan fingerprint density at radius 3 is 2.69 bits per heavy atom. The summed E-state index contributed by atoms with van der Waals surface area (Å²) in [5.41, 5.74) is 9.28. The first kappa shape index (κ1) is 18.6. The Kier molecular flexibility index (Phi) is 5.22. The number of benzene rings is 1. The van der Waals surface area contributed by atoms with Crippen LogP contribution in [0.25, 0.3) is 16.6 Å². The molecule has 1 aromatic heterocycles. The molecule has 2 aromatic rings. The normalized spacial score (nSPS) is 25.7. The molecule has 154 valence electrons. The number of anilines is 1. The third-order valence-electron chi connectivity index (χ3n) is 6.33. The Hall–Kier alpha value is -2.42. The first-order valence-electron chi connectivity index (χ1n) is 10.6. The van der Waals surface area contributed by atoms with Gasteiger partial charge in [-0.1, -0.05) is 6.07 Å². The zero-order valence-electron chi connectivity index (χ0n) is 16.9. The lowest BCUT2D eigenvalue weighted by atomic mass is 9.90. The standard InChI is InChI=1S/C21H29N7O/c1-27-20(13-24-26-27)15-2-7-19-18(12-15)21(23-14-22-19)25-16-3-5-17(6-4-16)28-8-10-29-11-9-28/h2,7,12-14,16-17,24,26H,3-6,8-11H2,1H3,(H,22,23,25)/t16-,17-. The van der Waals surface area contributed by atoms with E-state index in [4.69, 9.17) is 4.74 Å². The van der Waals surface area contributed by atoms with Crippen LogP contribution >= 0.6 is 0 Å². The molecule has 1 saturated heterocycles. The van der Waals surface area contributed by atoms with Gasteiger partial charge in [-0.15, -0.1) is 5.53 Å². The fourth-order valence-electron chi connectivity index (χ4n) is 4.68. The van der Waals surface area contributed by atoms with Crippen LogP contribution in [-0.4, -0.2) is 65.3 Å². The summed E-state index contributed by atoms with van der Waals surface area (Å²) in [6.07, 6.45) is 8.45. The smallest absolute Gasteiger partial charge is 0.137 e. The van der Waals surface area contributed by atoms with Gasteiger partial charge in [-0.2, -0.15) is 0 Å². The number of rotatable bonds is 4. The highest BCUT2D eigenvalue weighted by Gasteiger charge is 2.27. The highest BCUT2D eigenvalue weighted by atomic mass is 16.5. The van der Waals surface area contributed by atoms with Crippen LogP contribution in [0.5, 0.6) is 0 Å². The summed E-state index contributed by atoms with van der Waals surface area (Å²) in [4.78, 5) is 11.7. The Morgan fingerprint density at radius 2 is 1.93 bits per heavy atom. The molecule has 2 fully saturated rings.